The van der Waals surface area contributed by atoms with Crippen LogP contribution >= 0.6 is 23.2 Å². The van der Waals surface area contributed by atoms with Crippen molar-refractivity contribution in [3.05, 3.63) is 33.8 Å². The summed E-state index contributed by atoms with van der Waals surface area (Å²) >= 11 is 12.0. The van der Waals surface area contributed by atoms with Crippen molar-refractivity contribution in [2.75, 3.05) is 20.1 Å². The molecule has 1 aliphatic carbocycles. The zero-order valence-electron chi connectivity index (χ0n) is 12.2. The highest BCUT2D eigenvalue weighted by Gasteiger charge is 2.38. The van der Waals surface area contributed by atoms with Gasteiger partial charge in [0.25, 0.3) is 5.91 Å². The SMILES string of the molecule is CN1CCC(N(C(=O)c2ccc(Cl)c(Cl)c2)C2CC2)CC1. The summed E-state index contributed by atoms with van der Waals surface area (Å²) in [5.74, 6) is 0.102. The number of hydrogen-bond acceptors (Lipinski definition) is 2. The Kier molecular flexibility index (Phi) is 4.43. The van der Waals surface area contributed by atoms with Gasteiger partial charge < -0.3 is 9.80 Å². The van der Waals surface area contributed by atoms with E-state index in [1.54, 1.807) is 18.2 Å². The van der Waals surface area contributed by atoms with Gasteiger partial charge in [-0.2, -0.15) is 0 Å². The third-order valence-corrected chi connectivity index (χ3v) is 5.16. The number of nitrogens with zero attached hydrogens (tertiary/aromatic N) is 2. The Hall–Kier alpha value is -0.770. The fourth-order valence-corrected chi connectivity index (χ4v) is 3.33. The lowest BCUT2D eigenvalue weighted by molar-refractivity contribution is 0.0569. The van der Waals surface area contributed by atoms with Gasteiger partial charge in [0.2, 0.25) is 0 Å². The van der Waals surface area contributed by atoms with E-state index in [1.807, 2.05) is 0 Å². The maximum atomic E-state index is 12.9. The molecule has 0 aromatic heterocycles. The molecule has 114 valence electrons. The smallest absolute Gasteiger partial charge is 0.254 e. The molecule has 0 radical (unpaired) electrons. The predicted molar refractivity (Wildman–Crippen MR) is 86.2 cm³/mol. The third-order valence-electron chi connectivity index (χ3n) is 4.42. The molecule has 1 heterocycles. The first-order valence-corrected chi connectivity index (χ1v) is 8.28. The fourth-order valence-electron chi connectivity index (χ4n) is 3.03. The van der Waals surface area contributed by atoms with Gasteiger partial charge in [0.15, 0.2) is 0 Å². The van der Waals surface area contributed by atoms with Gasteiger partial charge >= 0.3 is 0 Å². The molecule has 0 N–H and O–H groups in total. The van der Waals surface area contributed by atoms with Gasteiger partial charge in [0.05, 0.1) is 10.0 Å². The van der Waals surface area contributed by atoms with Gasteiger partial charge in [-0.25, -0.2) is 0 Å². The average Bonchev–Trinajstić information content (AvgIpc) is 3.29. The van der Waals surface area contributed by atoms with Crippen molar-refractivity contribution < 1.29 is 4.79 Å². The van der Waals surface area contributed by atoms with Crippen molar-refractivity contribution in [3.8, 4) is 0 Å². The van der Waals surface area contributed by atoms with E-state index in [0.29, 0.717) is 27.7 Å². The quantitative estimate of drug-likeness (QED) is 0.845. The Balaban J connectivity index is 1.80. The van der Waals surface area contributed by atoms with Crippen LogP contribution in [0.25, 0.3) is 0 Å². The van der Waals surface area contributed by atoms with Crippen molar-refractivity contribution in [2.24, 2.45) is 0 Å². The van der Waals surface area contributed by atoms with Gasteiger partial charge in [-0.1, -0.05) is 23.2 Å². The zero-order valence-corrected chi connectivity index (χ0v) is 13.7. The molecule has 0 spiro atoms. The molecule has 3 rings (SSSR count). The van der Waals surface area contributed by atoms with Crippen LogP contribution in [0.3, 0.4) is 0 Å². The maximum Gasteiger partial charge on any atom is 0.254 e. The van der Waals surface area contributed by atoms with Crippen molar-refractivity contribution in [1.82, 2.24) is 9.80 Å². The summed E-state index contributed by atoms with van der Waals surface area (Å²) in [6.07, 6.45) is 4.36. The highest BCUT2D eigenvalue weighted by atomic mass is 35.5. The molecule has 1 saturated carbocycles. The van der Waals surface area contributed by atoms with Crippen LogP contribution in [0.2, 0.25) is 10.0 Å². The lowest BCUT2D eigenvalue weighted by Gasteiger charge is -2.37. The summed E-state index contributed by atoms with van der Waals surface area (Å²) in [6, 6.07) is 5.95. The van der Waals surface area contributed by atoms with Crippen LogP contribution in [0.5, 0.6) is 0 Å². The Morgan fingerprint density at radius 2 is 1.71 bits per heavy atom. The molecule has 1 saturated heterocycles. The highest BCUT2D eigenvalue weighted by molar-refractivity contribution is 6.42. The number of amides is 1. The van der Waals surface area contributed by atoms with E-state index < -0.39 is 0 Å². The molecule has 1 aliphatic heterocycles. The molecule has 5 heteroatoms. The first kappa shape index (κ1) is 15.1. The molecule has 0 unspecified atom stereocenters. The molecule has 3 nitrogen and oxygen atoms in total. The zero-order chi connectivity index (χ0) is 15.0. The number of hydrogen-bond donors (Lipinski definition) is 0. The predicted octanol–water partition coefficient (Wildman–Crippen LogP) is 3.69. The minimum Gasteiger partial charge on any atom is -0.333 e. The Morgan fingerprint density at radius 3 is 2.29 bits per heavy atom. The number of carbonyl (C=O) groups is 1. The van der Waals surface area contributed by atoms with Gasteiger partial charge in [-0.15, -0.1) is 0 Å². The minimum atomic E-state index is 0.102. The molecule has 1 aromatic carbocycles. The van der Waals surface area contributed by atoms with E-state index in [0.717, 1.165) is 38.8 Å². The second kappa shape index (κ2) is 6.15. The summed E-state index contributed by atoms with van der Waals surface area (Å²) < 4.78 is 0. The third kappa shape index (κ3) is 3.36. The van der Waals surface area contributed by atoms with Crippen molar-refractivity contribution >= 4 is 29.1 Å². The standard InChI is InChI=1S/C16H20Cl2N2O/c1-19-8-6-13(7-9-19)20(12-3-4-12)16(21)11-2-5-14(17)15(18)10-11/h2,5,10,12-13H,3-4,6-9H2,1H3. The molecular formula is C16H20Cl2N2O. The topological polar surface area (TPSA) is 23.6 Å². The van der Waals surface area contributed by atoms with E-state index >= 15 is 0 Å². The number of benzene rings is 1. The maximum absolute atomic E-state index is 12.9. The van der Waals surface area contributed by atoms with Crippen molar-refractivity contribution in [3.63, 3.8) is 0 Å². The number of halogens is 2. The summed E-state index contributed by atoms with van der Waals surface area (Å²) in [4.78, 5) is 17.3. The highest BCUT2D eigenvalue weighted by Crippen LogP contribution is 2.34. The summed E-state index contributed by atoms with van der Waals surface area (Å²) in [6.45, 7) is 2.12. The van der Waals surface area contributed by atoms with Crippen LogP contribution in [0.4, 0.5) is 0 Å². The van der Waals surface area contributed by atoms with Crippen LogP contribution in [0.15, 0.2) is 18.2 Å². The largest absolute Gasteiger partial charge is 0.333 e. The first-order chi connectivity index (χ1) is 10.1. The monoisotopic (exact) mass is 326 g/mol. The summed E-state index contributed by atoms with van der Waals surface area (Å²) in [7, 11) is 2.14. The molecule has 2 fully saturated rings. The molecular weight excluding hydrogens is 307 g/mol. The lowest BCUT2D eigenvalue weighted by Crippen LogP contribution is -2.47. The van der Waals surface area contributed by atoms with Gasteiger partial charge in [0, 0.05) is 17.6 Å². The van der Waals surface area contributed by atoms with E-state index in [1.165, 1.54) is 0 Å². The molecule has 21 heavy (non-hydrogen) atoms. The van der Waals surface area contributed by atoms with E-state index in [2.05, 4.69) is 16.8 Å². The van der Waals surface area contributed by atoms with E-state index in [-0.39, 0.29) is 5.91 Å². The molecule has 2 aliphatic rings. The lowest BCUT2D eigenvalue weighted by atomic mass is 10.0. The molecule has 0 bridgehead atoms. The molecule has 0 atom stereocenters. The van der Waals surface area contributed by atoms with Gasteiger partial charge in [-0.05, 0) is 64.0 Å². The van der Waals surface area contributed by atoms with E-state index in [9.17, 15) is 4.79 Å². The number of rotatable bonds is 3. The second-order valence-corrected chi connectivity index (χ2v) is 6.92. The Bertz CT molecular complexity index is 537. The van der Waals surface area contributed by atoms with Crippen LogP contribution in [0, 0.1) is 0 Å². The number of likely N-dealkylation sites (tertiary alicyclic amines) is 1. The number of carbonyl (C=O) groups excluding carboxylic acids is 1. The molecule has 1 aromatic rings. The molecule has 1 amide bonds. The van der Waals surface area contributed by atoms with Gasteiger partial charge in [-0.3, -0.25) is 4.79 Å². The fraction of sp³-hybridized carbons (Fsp3) is 0.562. The van der Waals surface area contributed by atoms with Crippen LogP contribution in [-0.4, -0.2) is 47.9 Å². The van der Waals surface area contributed by atoms with Gasteiger partial charge in [0.1, 0.15) is 0 Å². The van der Waals surface area contributed by atoms with Crippen LogP contribution < -0.4 is 0 Å². The Morgan fingerprint density at radius 1 is 1.10 bits per heavy atom. The normalized spacial score (nSPS) is 20.5. The average molecular weight is 327 g/mol. The van der Waals surface area contributed by atoms with Crippen LogP contribution in [-0.2, 0) is 0 Å². The number of piperidine rings is 1. The van der Waals surface area contributed by atoms with Crippen molar-refractivity contribution in [1.29, 1.82) is 0 Å². The Labute approximate surface area is 135 Å². The minimum absolute atomic E-state index is 0.102. The summed E-state index contributed by atoms with van der Waals surface area (Å²) in [5, 5.41) is 0.937. The summed E-state index contributed by atoms with van der Waals surface area (Å²) in [5.41, 5.74) is 0.648. The van der Waals surface area contributed by atoms with Crippen LogP contribution in [0.1, 0.15) is 36.0 Å². The second-order valence-electron chi connectivity index (χ2n) is 6.11. The van der Waals surface area contributed by atoms with E-state index in [4.69, 9.17) is 23.2 Å². The first-order valence-electron chi connectivity index (χ1n) is 7.52. The van der Waals surface area contributed by atoms with Crippen molar-refractivity contribution in [2.45, 2.75) is 37.8 Å².